The van der Waals surface area contributed by atoms with Gasteiger partial charge < -0.3 is 18.9 Å². The van der Waals surface area contributed by atoms with Crippen molar-refractivity contribution in [2.75, 3.05) is 47.5 Å². The molecule has 0 aromatic carbocycles. The number of ether oxygens (including phenoxy) is 2. The van der Waals surface area contributed by atoms with E-state index in [2.05, 4.69) is 148 Å². The highest BCUT2D eigenvalue weighted by Crippen LogP contribution is 2.43. The molecule has 0 rings (SSSR count). The summed E-state index contributed by atoms with van der Waals surface area (Å²) in [5, 5.41) is 0. The lowest BCUT2D eigenvalue weighted by Crippen LogP contribution is -2.37. The Morgan fingerprint density at radius 1 is 0.333 bits per heavy atom. The summed E-state index contributed by atoms with van der Waals surface area (Å²) >= 11 is 0. The molecule has 0 aromatic rings. The molecule has 0 fully saturated rings. The zero-order valence-electron chi connectivity index (χ0n) is 63.1. The van der Waals surface area contributed by atoms with E-state index >= 15 is 0 Å². The zero-order valence-corrected chi connectivity index (χ0v) is 64.0. The lowest BCUT2D eigenvalue weighted by molar-refractivity contribution is -0.870. The Kier molecular flexibility index (Phi) is 72.3. The molecule has 2 atom stereocenters. The fourth-order valence-electron chi connectivity index (χ4n) is 11.1. The van der Waals surface area contributed by atoms with Crippen molar-refractivity contribution in [1.29, 1.82) is 0 Å². The Balaban J connectivity index is 4.07. The molecule has 0 aliphatic heterocycles. The first-order chi connectivity index (χ1) is 47.0. The fourth-order valence-corrected chi connectivity index (χ4v) is 11.9. The Morgan fingerprint density at radius 3 is 0.885 bits per heavy atom. The number of nitrogens with zero attached hydrogens (tertiary/aromatic N) is 1. The van der Waals surface area contributed by atoms with Crippen LogP contribution in [0.2, 0.25) is 0 Å². The van der Waals surface area contributed by atoms with Crippen LogP contribution in [0, 0.1) is 0 Å². The number of likely N-dealkylation sites (N-methyl/N-ethyl adjacent to an activating group) is 1. The lowest BCUT2D eigenvalue weighted by atomic mass is 10.0. The van der Waals surface area contributed by atoms with Crippen molar-refractivity contribution in [1.82, 2.24) is 0 Å². The van der Waals surface area contributed by atoms with E-state index in [0.717, 1.165) is 109 Å². The lowest BCUT2D eigenvalue weighted by Gasteiger charge is -2.24. The van der Waals surface area contributed by atoms with E-state index in [1.807, 2.05) is 21.1 Å². The van der Waals surface area contributed by atoms with E-state index < -0.39 is 26.5 Å². The molecule has 10 heteroatoms. The maximum Gasteiger partial charge on any atom is 0.472 e. The van der Waals surface area contributed by atoms with Gasteiger partial charge in [-0.3, -0.25) is 18.6 Å². The summed E-state index contributed by atoms with van der Waals surface area (Å²) in [6.07, 6.45) is 110. The number of hydrogen-bond acceptors (Lipinski definition) is 7. The third-order valence-electron chi connectivity index (χ3n) is 17.2. The highest BCUT2D eigenvalue weighted by atomic mass is 31.2. The second-order valence-corrected chi connectivity index (χ2v) is 29.2. The van der Waals surface area contributed by atoms with Crippen LogP contribution in [0.4, 0.5) is 0 Å². The van der Waals surface area contributed by atoms with Gasteiger partial charge in [0.05, 0.1) is 27.7 Å². The van der Waals surface area contributed by atoms with Crippen LogP contribution in [0.5, 0.6) is 0 Å². The topological polar surface area (TPSA) is 108 Å². The third kappa shape index (κ3) is 79.1. The summed E-state index contributed by atoms with van der Waals surface area (Å²) in [6, 6.07) is 0. The summed E-state index contributed by atoms with van der Waals surface area (Å²) in [7, 11) is 1.45. The molecule has 0 saturated carbocycles. The molecule has 2 unspecified atom stereocenters. The highest BCUT2D eigenvalue weighted by Gasteiger charge is 2.27. The van der Waals surface area contributed by atoms with Gasteiger partial charge in [0, 0.05) is 12.8 Å². The zero-order chi connectivity index (χ0) is 69.7. The van der Waals surface area contributed by atoms with Crippen molar-refractivity contribution in [3.8, 4) is 0 Å². The van der Waals surface area contributed by atoms with Crippen LogP contribution in [0.3, 0.4) is 0 Å². The first-order valence-electron chi connectivity index (χ1n) is 39.9. The molecule has 0 saturated heterocycles. The number of unbranched alkanes of at least 4 members (excludes halogenated alkanes) is 37. The van der Waals surface area contributed by atoms with E-state index in [1.165, 1.54) is 205 Å². The van der Waals surface area contributed by atoms with Gasteiger partial charge in [0.2, 0.25) is 0 Å². The van der Waals surface area contributed by atoms with Crippen molar-refractivity contribution >= 4 is 19.8 Å². The van der Waals surface area contributed by atoms with Crippen LogP contribution in [-0.2, 0) is 32.7 Å². The number of esters is 2. The Labute approximate surface area is 593 Å². The Hall–Kier alpha value is -3.85. The average Bonchev–Trinajstić information content (AvgIpc) is 2.72. The van der Waals surface area contributed by atoms with Gasteiger partial charge in [-0.1, -0.05) is 372 Å². The van der Waals surface area contributed by atoms with Crippen molar-refractivity contribution in [3.63, 3.8) is 0 Å². The number of phosphoric ester groups is 1. The molecule has 0 spiro atoms. The van der Waals surface area contributed by atoms with Gasteiger partial charge in [0.1, 0.15) is 19.8 Å². The molecule has 0 aliphatic rings. The predicted molar refractivity (Wildman–Crippen MR) is 417 cm³/mol. The molecular formula is C86H151NO8P+. The van der Waals surface area contributed by atoms with Crippen LogP contribution in [0.15, 0.2) is 134 Å². The number of carbonyl (C=O) groups excluding carboxylic acids is 2. The van der Waals surface area contributed by atoms with Crippen LogP contribution >= 0.6 is 7.82 Å². The predicted octanol–water partition coefficient (Wildman–Crippen LogP) is 26.7. The van der Waals surface area contributed by atoms with E-state index in [0.29, 0.717) is 17.4 Å². The summed E-state index contributed by atoms with van der Waals surface area (Å²) in [5.74, 6) is -0.831. The minimum Gasteiger partial charge on any atom is -0.462 e. The van der Waals surface area contributed by atoms with E-state index in [9.17, 15) is 19.0 Å². The van der Waals surface area contributed by atoms with Gasteiger partial charge in [-0.15, -0.1) is 0 Å². The summed E-state index contributed by atoms with van der Waals surface area (Å²) in [6.45, 7) is 4.31. The molecule has 0 heterocycles. The number of phosphoric acid groups is 1. The molecule has 0 aromatic heterocycles. The van der Waals surface area contributed by atoms with Crippen LogP contribution < -0.4 is 0 Å². The Morgan fingerprint density at radius 2 is 0.594 bits per heavy atom. The fraction of sp³-hybridized carbons (Fsp3) is 0.721. The minimum atomic E-state index is -4.41. The van der Waals surface area contributed by atoms with Crippen molar-refractivity contribution < 1.29 is 42.1 Å². The van der Waals surface area contributed by atoms with E-state index in [4.69, 9.17) is 18.5 Å². The Bertz CT molecular complexity index is 2090. The molecular weight excluding hydrogens is 1210 g/mol. The van der Waals surface area contributed by atoms with Crippen molar-refractivity contribution in [3.05, 3.63) is 134 Å². The van der Waals surface area contributed by atoms with Crippen molar-refractivity contribution in [2.45, 2.75) is 354 Å². The van der Waals surface area contributed by atoms with Gasteiger partial charge in [-0.2, -0.15) is 0 Å². The van der Waals surface area contributed by atoms with Gasteiger partial charge >= 0.3 is 19.8 Å². The largest absolute Gasteiger partial charge is 0.472 e. The maximum absolute atomic E-state index is 12.9. The summed E-state index contributed by atoms with van der Waals surface area (Å²) < 4.78 is 34.7. The molecule has 96 heavy (non-hydrogen) atoms. The maximum atomic E-state index is 12.9. The van der Waals surface area contributed by atoms with Crippen LogP contribution in [0.25, 0.3) is 0 Å². The van der Waals surface area contributed by atoms with Gasteiger partial charge in [-0.05, 0) is 96.3 Å². The SMILES string of the molecule is CC/C=C\C/C=C\C/C=C\C/C=C\C/C=C\C/C=C\C/C=C\C/C=C\C/C=C\C/C=C\C/C=C\CCCCCC(=O)OC(COC(=O)CCCCCCCCCCCCCCCCCCCCCCCCCCCCCCCCCCCCC)COP(=O)(O)OCC[N+](C)(C)C. The summed E-state index contributed by atoms with van der Waals surface area (Å²) in [5.41, 5.74) is 0. The van der Waals surface area contributed by atoms with E-state index in [1.54, 1.807) is 0 Å². The highest BCUT2D eigenvalue weighted by molar-refractivity contribution is 7.47. The van der Waals surface area contributed by atoms with Gasteiger partial charge in [0.25, 0.3) is 0 Å². The molecule has 552 valence electrons. The molecule has 9 nitrogen and oxygen atoms in total. The van der Waals surface area contributed by atoms with Gasteiger partial charge in [0.15, 0.2) is 6.10 Å². The molecule has 0 radical (unpaired) electrons. The normalized spacial score (nSPS) is 13.8. The number of carbonyl (C=O) groups is 2. The third-order valence-corrected chi connectivity index (χ3v) is 18.2. The molecule has 0 amide bonds. The van der Waals surface area contributed by atoms with Crippen LogP contribution in [0.1, 0.15) is 348 Å². The quantitative estimate of drug-likeness (QED) is 0.0211. The first kappa shape index (κ1) is 92.2. The molecule has 0 aliphatic carbocycles. The first-order valence-corrected chi connectivity index (χ1v) is 41.4. The number of allylic oxidation sites excluding steroid dienone is 22. The average molecular weight is 1360 g/mol. The number of hydrogen-bond donors (Lipinski definition) is 1. The monoisotopic (exact) mass is 1360 g/mol. The standard InChI is InChI=1S/C86H150NO8P/c1-6-8-10-12-14-16-18-20-22-24-26-28-30-32-34-36-38-40-42-43-45-47-49-51-53-55-57-59-61-63-65-67-69-71-73-75-77-79-86(89)95-84(83-94-96(90,91)93-81-80-87(3,4)5)82-92-85(88)78-76-74-72-70-68-66-64-62-60-58-56-54-52-50-48-46-44-41-39-37-35-33-31-29-27-25-23-21-19-17-15-13-11-9-7-2/h8,10,14,16,20,22,26,28,32,34,38,40,43,45,49,51,55,57,61,63,67,69,84H,6-7,9,11-13,15,17-19,21,23-25,27,29-31,33,35-37,39,41-42,44,46-48,50,52-54,56,58-60,62,64-66,68,70-83H2,1-5H3/p+1/b10-8-,16-14-,22-20-,28-26-,34-32-,40-38-,45-43-,51-49-,57-55-,63-61-,69-67-. The second-order valence-electron chi connectivity index (χ2n) is 27.7. The molecule has 0 bridgehead atoms. The summed E-state index contributed by atoms with van der Waals surface area (Å²) in [4.78, 5) is 36.0. The van der Waals surface area contributed by atoms with E-state index in [-0.39, 0.29) is 32.0 Å². The molecule has 1 N–H and O–H groups in total. The number of rotatable bonds is 73. The van der Waals surface area contributed by atoms with Gasteiger partial charge in [-0.25, -0.2) is 4.57 Å². The van der Waals surface area contributed by atoms with Crippen molar-refractivity contribution in [2.24, 2.45) is 0 Å². The second kappa shape index (κ2) is 75.4. The minimum absolute atomic E-state index is 0.0196. The van der Waals surface area contributed by atoms with Crippen LogP contribution in [-0.4, -0.2) is 74.9 Å². The smallest absolute Gasteiger partial charge is 0.462 e. The number of quaternary nitrogens is 1.